The minimum Gasteiger partial charge on any atom is -0.399 e. The number of carbonyl (C=O) groups is 1. The summed E-state index contributed by atoms with van der Waals surface area (Å²) in [6.07, 6.45) is 2.19. The second-order valence-electron chi connectivity index (χ2n) is 6.96. The number of nitrogens with one attached hydrogen (secondary N) is 1. The van der Waals surface area contributed by atoms with E-state index in [-0.39, 0.29) is 17.1 Å². The summed E-state index contributed by atoms with van der Waals surface area (Å²) in [5, 5.41) is 3.02. The average molecular weight is 307 g/mol. The highest BCUT2D eigenvalue weighted by Gasteiger charge is 2.52. The van der Waals surface area contributed by atoms with Gasteiger partial charge in [-0.15, -0.1) is 11.3 Å². The van der Waals surface area contributed by atoms with Gasteiger partial charge in [-0.3, -0.25) is 4.79 Å². The monoisotopic (exact) mass is 307 g/mol. The zero-order chi connectivity index (χ0) is 15.4. The van der Waals surface area contributed by atoms with Crippen LogP contribution in [0.4, 0.5) is 0 Å². The molecule has 2 fully saturated rings. The fourth-order valence-corrected chi connectivity index (χ4v) is 3.24. The molecule has 1 aliphatic heterocycles. The molecule has 1 saturated heterocycles. The van der Waals surface area contributed by atoms with E-state index in [0.29, 0.717) is 6.04 Å². The Morgan fingerprint density at radius 2 is 1.86 bits per heavy atom. The van der Waals surface area contributed by atoms with Crippen LogP contribution in [0.15, 0.2) is 6.07 Å². The highest BCUT2D eigenvalue weighted by Crippen LogP contribution is 2.37. The molecular formula is C15H22BNO3S. The highest BCUT2D eigenvalue weighted by molar-refractivity contribution is 7.15. The molecule has 0 atom stereocenters. The van der Waals surface area contributed by atoms with Gasteiger partial charge in [-0.25, -0.2) is 0 Å². The Kier molecular flexibility index (Phi) is 3.47. The van der Waals surface area contributed by atoms with Crippen molar-refractivity contribution in [3.63, 3.8) is 0 Å². The Balaban J connectivity index is 1.80. The van der Waals surface area contributed by atoms with E-state index < -0.39 is 7.12 Å². The highest BCUT2D eigenvalue weighted by atomic mass is 32.1. The van der Waals surface area contributed by atoms with Gasteiger partial charge in [-0.2, -0.15) is 0 Å². The van der Waals surface area contributed by atoms with Crippen LogP contribution in [-0.2, 0) is 9.31 Å². The zero-order valence-electron chi connectivity index (χ0n) is 13.3. The van der Waals surface area contributed by atoms with Gasteiger partial charge >= 0.3 is 7.12 Å². The van der Waals surface area contributed by atoms with E-state index in [1.54, 1.807) is 0 Å². The first-order valence-electron chi connectivity index (χ1n) is 7.46. The molecule has 0 aromatic carbocycles. The Labute approximate surface area is 130 Å². The van der Waals surface area contributed by atoms with Gasteiger partial charge in [0.1, 0.15) is 0 Å². The number of hydrogen-bond donors (Lipinski definition) is 1. The van der Waals surface area contributed by atoms with Crippen LogP contribution in [0.1, 0.15) is 55.1 Å². The first-order valence-corrected chi connectivity index (χ1v) is 8.28. The summed E-state index contributed by atoms with van der Waals surface area (Å²) in [6.45, 7) is 10.2. The Bertz CT molecular complexity index is 561. The lowest BCUT2D eigenvalue weighted by atomic mass is 9.79. The smallest absolute Gasteiger partial charge is 0.399 e. The summed E-state index contributed by atoms with van der Waals surface area (Å²) in [4.78, 5) is 14.0. The van der Waals surface area contributed by atoms with E-state index in [9.17, 15) is 4.79 Å². The van der Waals surface area contributed by atoms with Gasteiger partial charge < -0.3 is 14.6 Å². The van der Waals surface area contributed by atoms with Crippen molar-refractivity contribution in [1.82, 2.24) is 5.32 Å². The number of aryl methyl sites for hydroxylation is 1. The molecular weight excluding hydrogens is 285 g/mol. The predicted octanol–water partition coefficient (Wildman–Crippen LogP) is 2.25. The van der Waals surface area contributed by atoms with Gasteiger partial charge in [0.25, 0.3) is 5.91 Å². The predicted molar refractivity (Wildman–Crippen MR) is 85.3 cm³/mol. The van der Waals surface area contributed by atoms with Crippen molar-refractivity contribution < 1.29 is 14.1 Å². The molecule has 1 aliphatic carbocycles. The molecule has 0 bridgehead atoms. The van der Waals surface area contributed by atoms with Crippen LogP contribution in [0.5, 0.6) is 0 Å². The fourth-order valence-electron chi connectivity index (χ4n) is 2.30. The van der Waals surface area contributed by atoms with E-state index >= 15 is 0 Å². The first-order chi connectivity index (χ1) is 9.69. The normalized spacial score (nSPS) is 23.4. The van der Waals surface area contributed by atoms with Crippen molar-refractivity contribution in [3.8, 4) is 0 Å². The molecule has 1 aromatic heterocycles. The third kappa shape index (κ3) is 2.76. The number of carbonyl (C=O) groups excluding carboxylic acids is 1. The lowest BCUT2D eigenvalue weighted by Crippen LogP contribution is -2.41. The van der Waals surface area contributed by atoms with Gasteiger partial charge in [0.05, 0.1) is 16.1 Å². The van der Waals surface area contributed by atoms with Gasteiger partial charge in [0.15, 0.2) is 0 Å². The molecule has 114 valence electrons. The molecule has 0 unspecified atom stereocenters. The summed E-state index contributed by atoms with van der Waals surface area (Å²) in [5.74, 6) is 0.0216. The van der Waals surface area contributed by atoms with Crippen molar-refractivity contribution in [2.75, 3.05) is 0 Å². The molecule has 0 spiro atoms. The van der Waals surface area contributed by atoms with E-state index in [0.717, 1.165) is 28.1 Å². The first kappa shape index (κ1) is 15.1. The van der Waals surface area contributed by atoms with Gasteiger partial charge in [0.2, 0.25) is 0 Å². The topological polar surface area (TPSA) is 47.6 Å². The van der Waals surface area contributed by atoms with Crippen LogP contribution in [0.3, 0.4) is 0 Å². The second-order valence-corrected chi connectivity index (χ2v) is 8.21. The molecule has 6 heteroatoms. The quantitative estimate of drug-likeness (QED) is 0.871. The maximum Gasteiger partial charge on any atom is 0.495 e. The number of rotatable bonds is 3. The summed E-state index contributed by atoms with van der Waals surface area (Å²) >= 11 is 1.51. The molecule has 2 heterocycles. The van der Waals surface area contributed by atoms with Crippen molar-refractivity contribution in [1.29, 1.82) is 0 Å². The standard InChI is InChI=1S/C15H22BNO3S/c1-9-11(16-19-14(2,3)15(4,5)20-16)8-12(21-9)13(18)17-10-6-7-10/h8,10H,6-7H2,1-5H3,(H,17,18). The molecule has 0 radical (unpaired) electrons. The number of thiophene rings is 1. The van der Waals surface area contributed by atoms with Crippen molar-refractivity contribution in [2.45, 2.75) is 64.7 Å². The van der Waals surface area contributed by atoms with Crippen LogP contribution in [0.25, 0.3) is 0 Å². The molecule has 2 aliphatic rings. The average Bonchev–Trinajstić information content (AvgIpc) is 3.02. The zero-order valence-corrected chi connectivity index (χ0v) is 14.1. The molecule has 21 heavy (non-hydrogen) atoms. The largest absolute Gasteiger partial charge is 0.495 e. The number of amides is 1. The maximum atomic E-state index is 12.1. The third-order valence-corrected chi connectivity index (χ3v) is 5.66. The number of hydrogen-bond acceptors (Lipinski definition) is 4. The molecule has 1 N–H and O–H groups in total. The van der Waals surface area contributed by atoms with Crippen LogP contribution >= 0.6 is 11.3 Å². The van der Waals surface area contributed by atoms with E-state index in [1.165, 1.54) is 11.3 Å². The van der Waals surface area contributed by atoms with Gasteiger partial charge in [-0.1, -0.05) is 0 Å². The maximum absolute atomic E-state index is 12.1. The van der Waals surface area contributed by atoms with Gasteiger partial charge in [0, 0.05) is 10.9 Å². The van der Waals surface area contributed by atoms with Crippen LogP contribution in [0, 0.1) is 6.92 Å². The van der Waals surface area contributed by atoms with E-state index in [4.69, 9.17) is 9.31 Å². The molecule has 1 saturated carbocycles. The third-order valence-electron chi connectivity index (χ3n) is 4.60. The van der Waals surface area contributed by atoms with Gasteiger partial charge in [-0.05, 0) is 59.0 Å². The Hall–Kier alpha value is -0.845. The van der Waals surface area contributed by atoms with Crippen LogP contribution in [0.2, 0.25) is 0 Å². The van der Waals surface area contributed by atoms with E-state index in [1.807, 2.05) is 40.7 Å². The summed E-state index contributed by atoms with van der Waals surface area (Å²) in [6, 6.07) is 2.29. The van der Waals surface area contributed by atoms with Crippen molar-refractivity contribution in [3.05, 3.63) is 15.8 Å². The summed E-state index contributed by atoms with van der Waals surface area (Å²) in [7, 11) is -0.395. The van der Waals surface area contributed by atoms with E-state index in [2.05, 4.69) is 5.32 Å². The Morgan fingerprint density at radius 1 is 1.29 bits per heavy atom. The molecule has 1 amide bonds. The van der Waals surface area contributed by atoms with Crippen LogP contribution in [-0.4, -0.2) is 30.3 Å². The lowest BCUT2D eigenvalue weighted by Gasteiger charge is -2.32. The lowest BCUT2D eigenvalue weighted by molar-refractivity contribution is 0.00578. The molecule has 3 rings (SSSR count). The summed E-state index contributed by atoms with van der Waals surface area (Å²) in [5.41, 5.74) is 0.255. The Morgan fingerprint density at radius 3 is 2.38 bits per heavy atom. The second kappa shape index (κ2) is 4.83. The minimum absolute atomic E-state index is 0.0216. The molecule has 1 aromatic rings. The summed E-state index contributed by atoms with van der Waals surface area (Å²) < 4.78 is 12.1. The van der Waals surface area contributed by atoms with Crippen molar-refractivity contribution in [2.24, 2.45) is 0 Å². The van der Waals surface area contributed by atoms with Crippen molar-refractivity contribution >= 4 is 29.8 Å². The van der Waals surface area contributed by atoms with Crippen LogP contribution < -0.4 is 10.8 Å². The molecule has 4 nitrogen and oxygen atoms in total. The minimum atomic E-state index is -0.395. The SMILES string of the molecule is Cc1sc(C(=O)NC2CC2)cc1B1OC(C)(C)C(C)(C)O1. The fraction of sp³-hybridized carbons (Fsp3) is 0.667.